The summed E-state index contributed by atoms with van der Waals surface area (Å²) in [5.74, 6) is 0. The van der Waals surface area contributed by atoms with Gasteiger partial charge < -0.3 is 9.80 Å². The minimum absolute atomic E-state index is 1.09. The molecule has 0 aliphatic carbocycles. The molecule has 12 aromatic rings. The molecule has 0 radical (unpaired) electrons. The fraction of sp³-hybridized carbons (Fsp3) is 0. The van der Waals surface area contributed by atoms with Crippen LogP contribution in [0.1, 0.15) is 0 Å². The van der Waals surface area contributed by atoms with Crippen LogP contribution in [0.4, 0.5) is 34.1 Å². The Hall–Kier alpha value is -8.80. The number of thiophene rings is 2. The number of hydrogen-bond acceptors (Lipinski definition) is 4. The number of hydrogen-bond donors (Lipinski definition) is 0. The molecule has 0 amide bonds. The van der Waals surface area contributed by atoms with Crippen LogP contribution in [-0.2, 0) is 0 Å². The molecule has 72 heavy (non-hydrogen) atoms. The third kappa shape index (κ3) is 9.45. The normalized spacial score (nSPS) is 11.1. The SMILES string of the molecule is c1ccc(-c2ccc(N(c3ccc(-c4ccc(N(c5ccc(-c6ccccc6)cc5)c5ccc(-c6ccc(-c7ccccc7)s6)cc5)cc4)cc3)c3ccc(-c4ccc(-c5ccccc5)s4)cc3)cc2)cc1. The van der Waals surface area contributed by atoms with Gasteiger partial charge in [0, 0.05) is 53.6 Å². The summed E-state index contributed by atoms with van der Waals surface area (Å²) in [7, 11) is 0. The van der Waals surface area contributed by atoms with E-state index in [0.29, 0.717) is 0 Å². The highest BCUT2D eigenvalue weighted by molar-refractivity contribution is 7.19. The predicted molar refractivity (Wildman–Crippen MR) is 310 cm³/mol. The highest BCUT2D eigenvalue weighted by atomic mass is 32.1. The summed E-state index contributed by atoms with van der Waals surface area (Å²) in [6.45, 7) is 0. The van der Waals surface area contributed by atoms with Gasteiger partial charge in [-0.2, -0.15) is 0 Å². The quantitative estimate of drug-likeness (QED) is 0.114. The highest BCUT2D eigenvalue weighted by Crippen LogP contribution is 2.42. The van der Waals surface area contributed by atoms with E-state index in [1.807, 2.05) is 22.7 Å². The van der Waals surface area contributed by atoms with Gasteiger partial charge in [0.05, 0.1) is 0 Å². The molecule has 0 bridgehead atoms. The Morgan fingerprint density at radius 2 is 0.319 bits per heavy atom. The maximum atomic E-state index is 2.35. The topological polar surface area (TPSA) is 6.48 Å². The molecule has 342 valence electrons. The third-order valence-electron chi connectivity index (χ3n) is 13.2. The second-order valence-corrected chi connectivity index (χ2v) is 19.9. The molecule has 10 aromatic carbocycles. The molecule has 0 saturated heterocycles. The first-order chi connectivity index (χ1) is 35.7. The molecular formula is C68H48N2S2. The Balaban J connectivity index is 0.841. The van der Waals surface area contributed by atoms with E-state index in [2.05, 4.69) is 301 Å². The lowest BCUT2D eigenvalue weighted by atomic mass is 10.0. The molecule has 12 rings (SSSR count). The standard InChI is InChI=1S/C68H48N2S2/c1-5-13-49(14-6-1)51-21-33-59(34-22-51)69(63-41-29-57(30-42-63)67-47-45-65(71-67)55-17-9-3-10-18-55)61-37-25-53(26-38-61)54-27-39-62(40-28-54)70(60-35-23-52(24-36-60)50-15-7-2-8-16-50)64-43-31-58(32-44-64)68-48-46-66(72-68)56-19-11-4-12-20-56/h1-48H. The first-order valence-electron chi connectivity index (χ1n) is 24.3. The van der Waals surface area contributed by atoms with Gasteiger partial charge in [-0.15, -0.1) is 22.7 Å². The lowest BCUT2D eigenvalue weighted by Crippen LogP contribution is -2.10. The molecule has 4 heteroatoms. The van der Waals surface area contributed by atoms with Gasteiger partial charge >= 0.3 is 0 Å². The summed E-state index contributed by atoms with van der Waals surface area (Å²) in [6, 6.07) is 105. The first kappa shape index (κ1) is 44.4. The molecule has 0 unspecified atom stereocenters. The van der Waals surface area contributed by atoms with E-state index < -0.39 is 0 Å². The third-order valence-corrected chi connectivity index (χ3v) is 15.6. The van der Waals surface area contributed by atoms with Crippen molar-refractivity contribution in [3.63, 3.8) is 0 Å². The van der Waals surface area contributed by atoms with Crippen LogP contribution in [0, 0.1) is 0 Å². The van der Waals surface area contributed by atoms with Crippen LogP contribution >= 0.6 is 22.7 Å². The van der Waals surface area contributed by atoms with Gasteiger partial charge in [0.15, 0.2) is 0 Å². The molecule has 2 heterocycles. The van der Waals surface area contributed by atoms with Crippen molar-refractivity contribution >= 4 is 56.8 Å². The van der Waals surface area contributed by atoms with Crippen LogP contribution in [0.5, 0.6) is 0 Å². The van der Waals surface area contributed by atoms with Crippen molar-refractivity contribution in [1.82, 2.24) is 0 Å². The predicted octanol–water partition coefficient (Wildman–Crippen LogP) is 20.4. The molecule has 0 aliphatic rings. The zero-order chi connectivity index (χ0) is 48.1. The van der Waals surface area contributed by atoms with Crippen molar-refractivity contribution in [3.05, 3.63) is 291 Å². The molecule has 0 atom stereocenters. The van der Waals surface area contributed by atoms with Crippen molar-refractivity contribution in [3.8, 4) is 75.1 Å². The van der Waals surface area contributed by atoms with Crippen LogP contribution < -0.4 is 9.80 Å². The van der Waals surface area contributed by atoms with E-state index in [1.165, 1.54) is 64.0 Å². The van der Waals surface area contributed by atoms with E-state index in [1.54, 1.807) is 0 Å². The van der Waals surface area contributed by atoms with Crippen molar-refractivity contribution in [1.29, 1.82) is 0 Å². The summed E-state index contributed by atoms with van der Waals surface area (Å²) < 4.78 is 0. The van der Waals surface area contributed by atoms with Crippen molar-refractivity contribution in [2.24, 2.45) is 0 Å². The van der Waals surface area contributed by atoms with Crippen molar-refractivity contribution in [2.75, 3.05) is 9.80 Å². The second-order valence-electron chi connectivity index (χ2n) is 17.7. The summed E-state index contributed by atoms with van der Waals surface area (Å²) in [5, 5.41) is 0. The molecule has 2 nitrogen and oxygen atoms in total. The Labute approximate surface area is 430 Å². The lowest BCUT2D eigenvalue weighted by molar-refractivity contribution is 1.28. The molecule has 0 N–H and O–H groups in total. The van der Waals surface area contributed by atoms with Crippen LogP contribution in [0.2, 0.25) is 0 Å². The van der Waals surface area contributed by atoms with Crippen LogP contribution in [-0.4, -0.2) is 0 Å². The van der Waals surface area contributed by atoms with Crippen LogP contribution in [0.25, 0.3) is 75.1 Å². The zero-order valence-corrected chi connectivity index (χ0v) is 41.1. The summed E-state index contributed by atoms with van der Waals surface area (Å²) in [6.07, 6.45) is 0. The largest absolute Gasteiger partial charge is 0.311 e. The van der Waals surface area contributed by atoms with Crippen molar-refractivity contribution < 1.29 is 0 Å². The smallest absolute Gasteiger partial charge is 0.0462 e. The Kier molecular flexibility index (Phi) is 12.5. The summed E-state index contributed by atoms with van der Waals surface area (Å²) in [4.78, 5) is 9.75. The lowest BCUT2D eigenvalue weighted by Gasteiger charge is -2.26. The first-order valence-corrected chi connectivity index (χ1v) is 25.9. The van der Waals surface area contributed by atoms with E-state index >= 15 is 0 Å². The Morgan fingerprint density at radius 3 is 0.542 bits per heavy atom. The molecule has 0 fully saturated rings. The van der Waals surface area contributed by atoms with Crippen LogP contribution in [0.3, 0.4) is 0 Å². The minimum Gasteiger partial charge on any atom is -0.311 e. The highest BCUT2D eigenvalue weighted by Gasteiger charge is 2.17. The van der Waals surface area contributed by atoms with Crippen molar-refractivity contribution in [2.45, 2.75) is 0 Å². The van der Waals surface area contributed by atoms with Gasteiger partial charge in [0.1, 0.15) is 0 Å². The molecular weight excluding hydrogens is 909 g/mol. The Bertz CT molecular complexity index is 3410. The number of nitrogens with zero attached hydrogens (tertiary/aromatic N) is 2. The Morgan fingerprint density at radius 1 is 0.153 bits per heavy atom. The van der Waals surface area contributed by atoms with Gasteiger partial charge in [0.2, 0.25) is 0 Å². The zero-order valence-electron chi connectivity index (χ0n) is 39.4. The summed E-state index contributed by atoms with van der Waals surface area (Å²) >= 11 is 3.66. The molecule has 0 aliphatic heterocycles. The fourth-order valence-corrected chi connectivity index (χ4v) is 11.5. The van der Waals surface area contributed by atoms with E-state index in [-0.39, 0.29) is 0 Å². The average Bonchev–Trinajstić information content (AvgIpc) is 4.18. The van der Waals surface area contributed by atoms with E-state index in [4.69, 9.17) is 0 Å². The maximum Gasteiger partial charge on any atom is 0.0462 e. The molecule has 2 aromatic heterocycles. The van der Waals surface area contributed by atoms with E-state index in [0.717, 1.165) is 45.3 Å². The van der Waals surface area contributed by atoms with Gasteiger partial charge in [0.25, 0.3) is 0 Å². The van der Waals surface area contributed by atoms with E-state index in [9.17, 15) is 0 Å². The second kappa shape index (κ2) is 20.3. The number of benzene rings is 10. The minimum atomic E-state index is 1.09. The molecule has 0 spiro atoms. The monoisotopic (exact) mass is 956 g/mol. The summed E-state index contributed by atoms with van der Waals surface area (Å²) in [5.41, 5.74) is 18.6. The van der Waals surface area contributed by atoms with Gasteiger partial charge in [-0.1, -0.05) is 194 Å². The fourth-order valence-electron chi connectivity index (χ4n) is 9.42. The number of rotatable bonds is 13. The van der Waals surface area contributed by atoms with Gasteiger partial charge in [-0.3, -0.25) is 0 Å². The average molecular weight is 957 g/mol. The van der Waals surface area contributed by atoms with Gasteiger partial charge in [-0.25, -0.2) is 0 Å². The maximum absolute atomic E-state index is 2.35. The molecule has 0 saturated carbocycles. The number of anilines is 6. The van der Waals surface area contributed by atoms with Gasteiger partial charge in [-0.05, 0) is 153 Å². The van der Waals surface area contributed by atoms with Crippen LogP contribution in [0.15, 0.2) is 291 Å².